The van der Waals surface area contributed by atoms with Crippen LogP contribution in [0.2, 0.25) is 5.02 Å². The summed E-state index contributed by atoms with van der Waals surface area (Å²) >= 11 is 5.60. The van der Waals surface area contributed by atoms with Gasteiger partial charge in [0.25, 0.3) is 0 Å². The maximum absolute atomic E-state index is 13.0. The number of hydrogen-bond acceptors (Lipinski definition) is 2. The van der Waals surface area contributed by atoms with Gasteiger partial charge in [-0.1, -0.05) is 11.6 Å². The van der Waals surface area contributed by atoms with E-state index in [1.54, 1.807) is 6.92 Å². The number of rotatable bonds is 3. The van der Waals surface area contributed by atoms with Crippen molar-refractivity contribution in [2.45, 2.75) is 6.92 Å². The maximum atomic E-state index is 13.0. The molecule has 0 fully saturated rings. The quantitative estimate of drug-likeness (QED) is 0.699. The molecule has 0 radical (unpaired) electrons. The highest BCUT2D eigenvalue weighted by atomic mass is 35.5. The third-order valence-electron chi connectivity index (χ3n) is 2.59. The number of aromatic carboxylic acids is 1. The van der Waals surface area contributed by atoms with Crippen LogP contribution in [0.4, 0.5) is 20.6 Å². The van der Waals surface area contributed by atoms with E-state index in [-0.39, 0.29) is 22.1 Å². The van der Waals surface area contributed by atoms with Crippen molar-refractivity contribution in [3.63, 3.8) is 0 Å². The van der Waals surface area contributed by atoms with Crippen LogP contribution in [-0.4, -0.2) is 22.1 Å². The zero-order valence-corrected chi connectivity index (χ0v) is 11.6. The third kappa shape index (κ3) is 3.51. The van der Waals surface area contributed by atoms with E-state index < -0.39 is 17.8 Å². The molecule has 0 unspecified atom stereocenters. The van der Waals surface area contributed by atoms with Gasteiger partial charge in [-0.2, -0.15) is 0 Å². The smallest absolute Gasteiger partial charge is 0.354 e. The Bertz CT molecular complexity index is 715. The second kappa shape index (κ2) is 5.84. The van der Waals surface area contributed by atoms with Crippen LogP contribution in [0.25, 0.3) is 0 Å². The molecule has 2 rings (SSSR count). The van der Waals surface area contributed by atoms with Crippen molar-refractivity contribution in [2.75, 3.05) is 10.6 Å². The fourth-order valence-electron chi connectivity index (χ4n) is 1.72. The van der Waals surface area contributed by atoms with Gasteiger partial charge < -0.3 is 20.7 Å². The molecular weight excluding hydrogens is 301 g/mol. The number of anilines is 2. The second-order valence-corrected chi connectivity index (χ2v) is 4.66. The molecule has 2 amide bonds. The molecule has 1 aromatic heterocycles. The molecule has 0 aliphatic carbocycles. The first-order valence-electron chi connectivity index (χ1n) is 5.83. The fraction of sp³-hybridized carbons (Fsp3) is 0.0769. The van der Waals surface area contributed by atoms with Gasteiger partial charge >= 0.3 is 12.0 Å². The van der Waals surface area contributed by atoms with Gasteiger partial charge in [-0.15, -0.1) is 0 Å². The standard InChI is InChI=1S/C13H11ClFN3O3/c1-6-4-10(11(16-6)12(19)20)18-13(21)17-7-2-3-9(15)8(14)5-7/h2-5,16H,1H3,(H,19,20)(H2,17,18,21). The molecule has 21 heavy (non-hydrogen) atoms. The Morgan fingerprint density at radius 3 is 2.62 bits per heavy atom. The number of carboxylic acids is 1. The summed E-state index contributed by atoms with van der Waals surface area (Å²) in [6.07, 6.45) is 0. The van der Waals surface area contributed by atoms with Crippen LogP contribution >= 0.6 is 11.6 Å². The molecule has 1 heterocycles. The first-order valence-corrected chi connectivity index (χ1v) is 6.20. The molecule has 0 bridgehead atoms. The van der Waals surface area contributed by atoms with Crippen LogP contribution in [0.1, 0.15) is 16.2 Å². The van der Waals surface area contributed by atoms with Gasteiger partial charge in [0.1, 0.15) is 11.5 Å². The highest BCUT2D eigenvalue weighted by molar-refractivity contribution is 6.31. The minimum atomic E-state index is -1.19. The number of halogens is 2. The molecule has 6 nitrogen and oxygen atoms in total. The van der Waals surface area contributed by atoms with Gasteiger partial charge in [-0.3, -0.25) is 0 Å². The van der Waals surface area contributed by atoms with E-state index in [1.165, 1.54) is 18.2 Å². The van der Waals surface area contributed by atoms with Crippen LogP contribution in [0.5, 0.6) is 0 Å². The van der Waals surface area contributed by atoms with E-state index in [0.29, 0.717) is 5.69 Å². The Labute approximate surface area is 123 Å². The van der Waals surface area contributed by atoms with Crippen molar-refractivity contribution in [1.82, 2.24) is 4.98 Å². The van der Waals surface area contributed by atoms with Crippen molar-refractivity contribution in [3.8, 4) is 0 Å². The van der Waals surface area contributed by atoms with Crippen LogP contribution in [0.3, 0.4) is 0 Å². The lowest BCUT2D eigenvalue weighted by atomic mass is 10.3. The Hall–Kier alpha value is -2.54. The number of H-pyrrole nitrogens is 1. The highest BCUT2D eigenvalue weighted by Gasteiger charge is 2.15. The number of benzene rings is 1. The first-order chi connectivity index (χ1) is 9.86. The van der Waals surface area contributed by atoms with Crippen molar-refractivity contribution in [1.29, 1.82) is 0 Å². The van der Waals surface area contributed by atoms with Gasteiger partial charge in [-0.25, -0.2) is 14.0 Å². The molecule has 110 valence electrons. The lowest BCUT2D eigenvalue weighted by Crippen LogP contribution is -2.20. The van der Waals surface area contributed by atoms with Crippen LogP contribution in [0, 0.1) is 12.7 Å². The Morgan fingerprint density at radius 1 is 1.29 bits per heavy atom. The van der Waals surface area contributed by atoms with E-state index in [1.807, 2.05) is 0 Å². The zero-order chi connectivity index (χ0) is 15.6. The fourth-order valence-corrected chi connectivity index (χ4v) is 1.90. The summed E-state index contributed by atoms with van der Waals surface area (Å²) < 4.78 is 13.0. The molecular formula is C13H11ClFN3O3. The van der Waals surface area contributed by atoms with Gasteiger partial charge in [0, 0.05) is 11.4 Å². The predicted octanol–water partition coefficient (Wildman–Crippen LogP) is 3.46. The lowest BCUT2D eigenvalue weighted by molar-refractivity contribution is 0.0692. The van der Waals surface area contributed by atoms with E-state index in [2.05, 4.69) is 15.6 Å². The summed E-state index contributed by atoms with van der Waals surface area (Å²) in [5, 5.41) is 13.7. The summed E-state index contributed by atoms with van der Waals surface area (Å²) in [7, 11) is 0. The molecule has 4 N–H and O–H groups in total. The minimum absolute atomic E-state index is 0.125. The molecule has 0 spiro atoms. The Kier molecular flexibility index (Phi) is 4.13. The predicted molar refractivity (Wildman–Crippen MR) is 76.5 cm³/mol. The zero-order valence-electron chi connectivity index (χ0n) is 10.8. The van der Waals surface area contributed by atoms with E-state index >= 15 is 0 Å². The van der Waals surface area contributed by atoms with Gasteiger partial charge in [0.15, 0.2) is 0 Å². The van der Waals surface area contributed by atoms with E-state index in [4.69, 9.17) is 16.7 Å². The van der Waals surface area contributed by atoms with Crippen molar-refractivity contribution in [3.05, 3.63) is 46.5 Å². The van der Waals surface area contributed by atoms with Crippen molar-refractivity contribution in [2.24, 2.45) is 0 Å². The van der Waals surface area contributed by atoms with Gasteiger partial charge in [-0.05, 0) is 31.2 Å². The summed E-state index contributed by atoms with van der Waals surface area (Å²) in [5.74, 6) is -1.79. The van der Waals surface area contributed by atoms with Crippen molar-refractivity contribution < 1.29 is 19.1 Å². The van der Waals surface area contributed by atoms with E-state index in [9.17, 15) is 14.0 Å². The second-order valence-electron chi connectivity index (χ2n) is 4.25. The monoisotopic (exact) mass is 311 g/mol. The molecule has 8 heteroatoms. The van der Waals surface area contributed by atoms with Crippen molar-refractivity contribution >= 4 is 35.0 Å². The summed E-state index contributed by atoms with van der Waals surface area (Å²) in [4.78, 5) is 25.4. The topological polar surface area (TPSA) is 94.2 Å². The molecule has 0 saturated heterocycles. The number of urea groups is 1. The molecule has 0 atom stereocenters. The first kappa shape index (κ1) is 14.9. The molecule has 0 saturated carbocycles. The van der Waals surface area contributed by atoms with E-state index in [0.717, 1.165) is 6.07 Å². The number of aromatic nitrogens is 1. The van der Waals surface area contributed by atoms with Crippen LogP contribution in [0.15, 0.2) is 24.3 Å². The Balaban J connectivity index is 2.11. The summed E-state index contributed by atoms with van der Waals surface area (Å²) in [6.45, 7) is 1.66. The number of nitrogens with one attached hydrogen (secondary N) is 3. The number of carbonyl (C=O) groups is 2. The Morgan fingerprint density at radius 2 is 2.00 bits per heavy atom. The normalized spacial score (nSPS) is 10.2. The minimum Gasteiger partial charge on any atom is -0.477 e. The number of carboxylic acid groups (broad SMARTS) is 1. The summed E-state index contributed by atoms with van der Waals surface area (Å²) in [5.41, 5.74) is 0.876. The highest BCUT2D eigenvalue weighted by Crippen LogP contribution is 2.20. The lowest BCUT2D eigenvalue weighted by Gasteiger charge is -2.07. The number of aromatic amines is 1. The SMILES string of the molecule is Cc1cc(NC(=O)Nc2ccc(F)c(Cl)c2)c(C(=O)O)[nH]1. The largest absolute Gasteiger partial charge is 0.477 e. The number of carbonyl (C=O) groups excluding carboxylic acids is 1. The third-order valence-corrected chi connectivity index (χ3v) is 2.88. The maximum Gasteiger partial charge on any atom is 0.354 e. The van der Waals surface area contributed by atoms with Crippen LogP contribution < -0.4 is 10.6 Å². The van der Waals surface area contributed by atoms with Gasteiger partial charge in [0.2, 0.25) is 0 Å². The molecule has 0 aliphatic rings. The molecule has 2 aromatic rings. The average Bonchev–Trinajstić information content (AvgIpc) is 2.75. The average molecular weight is 312 g/mol. The number of hydrogen-bond donors (Lipinski definition) is 4. The molecule has 0 aliphatic heterocycles. The number of amides is 2. The number of aryl methyl sites for hydroxylation is 1. The van der Waals surface area contributed by atoms with Gasteiger partial charge in [0.05, 0.1) is 10.7 Å². The molecule has 1 aromatic carbocycles. The summed E-state index contributed by atoms with van der Waals surface area (Å²) in [6, 6.07) is 4.51. The van der Waals surface area contributed by atoms with Crippen LogP contribution in [-0.2, 0) is 0 Å².